The lowest BCUT2D eigenvalue weighted by Crippen LogP contribution is -2.02. The van der Waals surface area contributed by atoms with Gasteiger partial charge in [0.1, 0.15) is 11.4 Å². The number of Topliss-reactive ketones (excluding diaryl/α,β-unsaturated/α-hetero) is 1. The monoisotopic (exact) mass is 410 g/mol. The Morgan fingerprint density at radius 2 is 1.95 bits per heavy atom. The van der Waals surface area contributed by atoms with Crippen LogP contribution in [0.25, 0.3) is 11.0 Å². The summed E-state index contributed by atoms with van der Waals surface area (Å²) in [6.45, 7) is 0. The fourth-order valence-corrected chi connectivity index (χ4v) is 3.13. The van der Waals surface area contributed by atoms with E-state index >= 15 is 0 Å². The molecule has 0 fully saturated rings. The van der Waals surface area contributed by atoms with Crippen molar-refractivity contribution in [1.82, 2.24) is 0 Å². The van der Waals surface area contributed by atoms with E-state index in [-0.39, 0.29) is 23.8 Å². The molecule has 5 heteroatoms. The first-order chi connectivity index (χ1) is 10.0. The number of rotatable bonds is 3. The molecule has 0 unspecified atom stereocenters. The predicted molar refractivity (Wildman–Crippen MR) is 86.0 cm³/mol. The topological polar surface area (TPSA) is 30.2 Å². The third-order valence-corrected chi connectivity index (χ3v) is 4.14. The van der Waals surface area contributed by atoms with Crippen LogP contribution in [-0.4, -0.2) is 5.78 Å². The highest BCUT2D eigenvalue weighted by atomic mass is 79.9. The smallest absolute Gasteiger partial charge is 0.202 e. The zero-order chi connectivity index (χ0) is 15.0. The fraction of sp³-hybridized carbons (Fsp3) is 0.0625. The van der Waals surface area contributed by atoms with Crippen LogP contribution in [0.3, 0.4) is 0 Å². The number of para-hydroxylation sites is 1. The molecule has 3 aromatic rings. The quantitative estimate of drug-likeness (QED) is 0.531. The molecular weight excluding hydrogens is 403 g/mol. The summed E-state index contributed by atoms with van der Waals surface area (Å²) in [6.07, 6.45) is 0.0911. The van der Waals surface area contributed by atoms with Crippen molar-refractivity contribution in [1.29, 1.82) is 0 Å². The van der Waals surface area contributed by atoms with Crippen LogP contribution in [0.15, 0.2) is 55.8 Å². The summed E-state index contributed by atoms with van der Waals surface area (Å²) in [5.74, 6) is -0.285. The van der Waals surface area contributed by atoms with Gasteiger partial charge in [-0.1, -0.05) is 28.1 Å². The molecule has 0 atom stereocenters. The summed E-state index contributed by atoms with van der Waals surface area (Å²) in [7, 11) is 0. The number of hydrogen-bond donors (Lipinski definition) is 0. The molecule has 0 saturated heterocycles. The van der Waals surface area contributed by atoms with Crippen molar-refractivity contribution in [2.45, 2.75) is 6.42 Å². The average molecular weight is 412 g/mol. The van der Waals surface area contributed by atoms with E-state index in [1.165, 1.54) is 12.1 Å². The second kappa shape index (κ2) is 5.73. The van der Waals surface area contributed by atoms with Gasteiger partial charge < -0.3 is 4.42 Å². The Hall–Kier alpha value is -1.46. The summed E-state index contributed by atoms with van der Waals surface area (Å²) in [5.41, 5.74) is 1.24. The number of fused-ring (bicyclic) bond motifs is 1. The van der Waals surface area contributed by atoms with Crippen LogP contribution < -0.4 is 0 Å². The highest BCUT2D eigenvalue weighted by Gasteiger charge is 2.15. The minimum atomic E-state index is -0.375. The Kier molecular flexibility index (Phi) is 3.95. The number of furan rings is 1. The lowest BCUT2D eigenvalue weighted by molar-refractivity contribution is 0.0968. The molecule has 1 aromatic heterocycles. The molecule has 0 amide bonds. The van der Waals surface area contributed by atoms with Gasteiger partial charge in [0.05, 0.1) is 4.47 Å². The molecule has 0 radical (unpaired) electrons. The molecule has 0 spiro atoms. The van der Waals surface area contributed by atoms with Crippen LogP contribution in [0.2, 0.25) is 0 Å². The van der Waals surface area contributed by atoms with E-state index in [1.54, 1.807) is 12.1 Å². The SMILES string of the molecule is O=C(Cc1cc(F)cc(Br)c1)c1cc2cccc(Br)c2o1. The maximum Gasteiger partial charge on any atom is 0.202 e. The first kappa shape index (κ1) is 14.5. The Labute approximate surface area is 137 Å². The first-order valence-electron chi connectivity index (χ1n) is 6.19. The first-order valence-corrected chi connectivity index (χ1v) is 7.78. The second-order valence-electron chi connectivity index (χ2n) is 4.65. The minimum absolute atomic E-state index is 0.0911. The van der Waals surface area contributed by atoms with Crippen molar-refractivity contribution in [2.75, 3.05) is 0 Å². The summed E-state index contributed by atoms with van der Waals surface area (Å²) < 4.78 is 20.3. The molecule has 106 valence electrons. The standard InChI is InChI=1S/C16H9Br2FO2/c17-11-4-9(5-12(19)8-11)6-14(20)15-7-10-2-1-3-13(18)16(10)21-15/h1-5,7-8H,6H2. The van der Waals surface area contributed by atoms with Gasteiger partial charge in [0, 0.05) is 16.3 Å². The van der Waals surface area contributed by atoms with Gasteiger partial charge in [-0.05, 0) is 51.8 Å². The zero-order valence-corrected chi connectivity index (χ0v) is 13.9. The summed E-state index contributed by atoms with van der Waals surface area (Å²) in [6, 6.07) is 11.7. The molecule has 2 aromatic carbocycles. The minimum Gasteiger partial charge on any atom is -0.452 e. The predicted octanol–water partition coefficient (Wildman–Crippen LogP) is 5.52. The van der Waals surface area contributed by atoms with Gasteiger partial charge in [0.15, 0.2) is 5.76 Å². The van der Waals surface area contributed by atoms with Gasteiger partial charge in [-0.25, -0.2) is 4.39 Å². The highest BCUT2D eigenvalue weighted by molar-refractivity contribution is 9.11. The second-order valence-corrected chi connectivity index (χ2v) is 6.42. The van der Waals surface area contributed by atoms with Crippen LogP contribution in [0.4, 0.5) is 4.39 Å². The van der Waals surface area contributed by atoms with Gasteiger partial charge in [0.25, 0.3) is 0 Å². The van der Waals surface area contributed by atoms with E-state index in [9.17, 15) is 9.18 Å². The lowest BCUT2D eigenvalue weighted by Gasteiger charge is -2.00. The van der Waals surface area contributed by atoms with Crippen molar-refractivity contribution in [3.63, 3.8) is 0 Å². The number of benzene rings is 2. The normalized spacial score (nSPS) is 11.0. The number of halogens is 3. The molecular formula is C16H9Br2FO2. The van der Waals surface area contributed by atoms with Crippen molar-refractivity contribution in [2.24, 2.45) is 0 Å². The van der Waals surface area contributed by atoms with E-state index in [4.69, 9.17) is 4.42 Å². The van der Waals surface area contributed by atoms with Gasteiger partial charge >= 0.3 is 0 Å². The molecule has 3 rings (SSSR count). The number of carbonyl (C=O) groups is 1. The number of ketones is 1. The molecule has 0 aliphatic rings. The van der Waals surface area contributed by atoms with E-state index in [0.29, 0.717) is 15.6 Å². The van der Waals surface area contributed by atoms with Gasteiger partial charge in [0.2, 0.25) is 5.78 Å². The molecule has 0 aliphatic carbocycles. The molecule has 2 nitrogen and oxygen atoms in total. The van der Waals surface area contributed by atoms with E-state index in [0.717, 1.165) is 9.86 Å². The van der Waals surface area contributed by atoms with Crippen LogP contribution in [0.1, 0.15) is 16.1 Å². The molecule has 0 aliphatic heterocycles. The van der Waals surface area contributed by atoms with Gasteiger partial charge in [-0.15, -0.1) is 0 Å². The Bertz CT molecular complexity index is 819. The summed E-state index contributed by atoms with van der Waals surface area (Å²) in [5, 5.41) is 0.855. The molecule has 21 heavy (non-hydrogen) atoms. The van der Waals surface area contributed by atoms with E-state index < -0.39 is 0 Å². The molecule has 0 saturated carbocycles. The van der Waals surface area contributed by atoms with Crippen molar-refractivity contribution in [3.8, 4) is 0 Å². The maximum atomic E-state index is 13.3. The average Bonchev–Trinajstić information content (AvgIpc) is 2.83. The van der Waals surface area contributed by atoms with Gasteiger partial charge in [-0.2, -0.15) is 0 Å². The maximum absolute atomic E-state index is 13.3. The number of hydrogen-bond acceptors (Lipinski definition) is 2. The highest BCUT2D eigenvalue weighted by Crippen LogP contribution is 2.27. The fourth-order valence-electron chi connectivity index (χ4n) is 2.15. The van der Waals surface area contributed by atoms with Crippen molar-refractivity contribution in [3.05, 3.63) is 68.6 Å². The van der Waals surface area contributed by atoms with Crippen LogP contribution in [-0.2, 0) is 6.42 Å². The van der Waals surface area contributed by atoms with Crippen LogP contribution in [0.5, 0.6) is 0 Å². The van der Waals surface area contributed by atoms with Crippen LogP contribution >= 0.6 is 31.9 Å². The third kappa shape index (κ3) is 3.09. The molecule has 0 N–H and O–H groups in total. The number of carbonyl (C=O) groups excluding carboxylic acids is 1. The van der Waals surface area contributed by atoms with E-state index in [1.807, 2.05) is 18.2 Å². The Balaban J connectivity index is 1.91. The van der Waals surface area contributed by atoms with Crippen LogP contribution in [0, 0.1) is 5.82 Å². The molecule has 1 heterocycles. The summed E-state index contributed by atoms with van der Waals surface area (Å²) in [4.78, 5) is 12.3. The van der Waals surface area contributed by atoms with Crippen molar-refractivity contribution >= 4 is 48.6 Å². The third-order valence-electron chi connectivity index (χ3n) is 3.06. The van der Waals surface area contributed by atoms with E-state index in [2.05, 4.69) is 31.9 Å². The van der Waals surface area contributed by atoms with Crippen molar-refractivity contribution < 1.29 is 13.6 Å². The Morgan fingerprint density at radius 1 is 1.14 bits per heavy atom. The largest absolute Gasteiger partial charge is 0.452 e. The summed E-state index contributed by atoms with van der Waals surface area (Å²) >= 11 is 6.60. The van der Waals surface area contributed by atoms with Gasteiger partial charge in [-0.3, -0.25) is 4.79 Å². The Morgan fingerprint density at radius 3 is 2.67 bits per heavy atom. The molecule has 0 bridgehead atoms. The lowest BCUT2D eigenvalue weighted by atomic mass is 10.1. The zero-order valence-electron chi connectivity index (χ0n) is 10.7.